The van der Waals surface area contributed by atoms with Gasteiger partial charge in [0, 0.05) is 22.4 Å². The van der Waals surface area contributed by atoms with Crippen LogP contribution in [0.3, 0.4) is 0 Å². The second-order valence-corrected chi connectivity index (χ2v) is 9.21. The molecule has 9 heteroatoms. The van der Waals surface area contributed by atoms with Crippen LogP contribution < -0.4 is 15.5 Å². The zero-order valence-corrected chi connectivity index (χ0v) is 21.0. The summed E-state index contributed by atoms with van der Waals surface area (Å²) in [6.45, 7) is 1.22. The van der Waals surface area contributed by atoms with Gasteiger partial charge in [-0.05, 0) is 92.0 Å². The van der Waals surface area contributed by atoms with Gasteiger partial charge in [-0.3, -0.25) is 5.43 Å². The van der Waals surface area contributed by atoms with Crippen LogP contribution in [0.4, 0.5) is 14.5 Å². The van der Waals surface area contributed by atoms with Crippen LogP contribution in [0.1, 0.15) is 27.8 Å². The molecule has 0 fully saturated rings. The van der Waals surface area contributed by atoms with Crippen LogP contribution in [0.15, 0.2) is 70.3 Å². The van der Waals surface area contributed by atoms with Gasteiger partial charge in [0.05, 0.1) is 6.21 Å². The van der Waals surface area contributed by atoms with Crippen LogP contribution in [0.25, 0.3) is 22.6 Å². The highest BCUT2D eigenvalue weighted by Crippen LogP contribution is 2.39. The second-order valence-electron chi connectivity index (χ2n) is 8.80. The molecule has 2 N–H and O–H groups in total. The average molecular weight is 519 g/mol. The van der Waals surface area contributed by atoms with Gasteiger partial charge in [0.15, 0.2) is 10.9 Å². The quantitative estimate of drug-likeness (QED) is 0.169. The first-order chi connectivity index (χ1) is 17.9. The number of hydrogen-bond acceptors (Lipinski definition) is 5. The molecule has 0 saturated heterocycles. The lowest BCUT2D eigenvalue weighted by Crippen LogP contribution is -2.24. The molecule has 0 atom stereocenters. The van der Waals surface area contributed by atoms with Crippen molar-refractivity contribution < 1.29 is 18.0 Å². The van der Waals surface area contributed by atoms with E-state index in [-0.39, 0.29) is 5.75 Å². The molecule has 1 aliphatic rings. The van der Waals surface area contributed by atoms with Crippen molar-refractivity contribution in [2.24, 2.45) is 5.10 Å². The van der Waals surface area contributed by atoms with Gasteiger partial charge in [-0.25, -0.2) is 0 Å². The third-order valence-corrected chi connectivity index (χ3v) is 6.36. The van der Waals surface area contributed by atoms with Crippen molar-refractivity contribution in [2.75, 3.05) is 5.32 Å². The van der Waals surface area contributed by atoms with Crippen LogP contribution in [0, 0.1) is 13.8 Å². The zero-order valence-electron chi connectivity index (χ0n) is 20.2. The van der Waals surface area contributed by atoms with E-state index in [2.05, 4.69) is 37.9 Å². The van der Waals surface area contributed by atoms with E-state index in [1.54, 1.807) is 18.3 Å². The van der Waals surface area contributed by atoms with Crippen molar-refractivity contribution in [3.63, 3.8) is 0 Å². The molecule has 1 heterocycles. The van der Waals surface area contributed by atoms with E-state index in [0.29, 0.717) is 10.9 Å². The summed E-state index contributed by atoms with van der Waals surface area (Å²) < 4.78 is 35.0. The molecule has 0 aliphatic heterocycles. The van der Waals surface area contributed by atoms with Gasteiger partial charge in [0.25, 0.3) is 0 Å². The predicted octanol–water partition coefficient (Wildman–Crippen LogP) is 6.65. The fourth-order valence-electron chi connectivity index (χ4n) is 4.43. The molecular formula is C28H24F2N4O2S. The number of halogens is 2. The third-order valence-electron chi connectivity index (χ3n) is 6.17. The maximum atomic E-state index is 12.4. The predicted molar refractivity (Wildman–Crippen MR) is 144 cm³/mol. The number of hydrazone groups is 1. The van der Waals surface area contributed by atoms with Crippen LogP contribution in [0.5, 0.6) is 5.75 Å². The summed E-state index contributed by atoms with van der Waals surface area (Å²) in [5.74, 6) is 0.742. The number of aromatic nitrogens is 1. The first kappa shape index (κ1) is 24.6. The van der Waals surface area contributed by atoms with E-state index in [4.69, 9.17) is 16.7 Å². The van der Waals surface area contributed by atoms with Gasteiger partial charge in [-0.2, -0.15) is 13.9 Å². The molecular weight excluding hydrogens is 494 g/mol. The highest BCUT2D eigenvalue weighted by atomic mass is 32.1. The smallest absolute Gasteiger partial charge is 0.387 e. The Balaban J connectivity index is 1.27. The number of nitrogens with one attached hydrogen (secondary N) is 2. The molecule has 188 valence electrons. The molecule has 6 nitrogen and oxygen atoms in total. The molecule has 3 aromatic carbocycles. The van der Waals surface area contributed by atoms with E-state index >= 15 is 0 Å². The molecule has 37 heavy (non-hydrogen) atoms. The fraction of sp³-hybridized carbons (Fsp3) is 0.179. The summed E-state index contributed by atoms with van der Waals surface area (Å²) in [5.41, 5.74) is 11.7. The van der Waals surface area contributed by atoms with Gasteiger partial charge in [0.2, 0.25) is 0 Å². The number of anilines is 1. The largest absolute Gasteiger partial charge is 0.435 e. The van der Waals surface area contributed by atoms with Gasteiger partial charge >= 0.3 is 6.61 Å². The molecule has 0 spiro atoms. The fourth-order valence-corrected chi connectivity index (χ4v) is 4.59. The van der Waals surface area contributed by atoms with Crippen LogP contribution in [0.2, 0.25) is 0 Å². The number of hydrogen-bond donors (Lipinski definition) is 2. The van der Waals surface area contributed by atoms with Crippen molar-refractivity contribution in [1.82, 2.24) is 10.6 Å². The first-order valence-corrected chi connectivity index (χ1v) is 12.1. The number of thiocarbonyl (C=S) groups is 1. The monoisotopic (exact) mass is 518 g/mol. The Labute approximate surface area is 218 Å². The van der Waals surface area contributed by atoms with Crippen LogP contribution in [-0.2, 0) is 12.8 Å². The van der Waals surface area contributed by atoms with E-state index in [9.17, 15) is 8.78 Å². The number of fused-ring (bicyclic) bond motifs is 3. The van der Waals surface area contributed by atoms with E-state index in [1.165, 1.54) is 17.7 Å². The Morgan fingerprint density at radius 3 is 2.65 bits per heavy atom. The van der Waals surface area contributed by atoms with Crippen molar-refractivity contribution in [1.29, 1.82) is 0 Å². The highest BCUT2D eigenvalue weighted by molar-refractivity contribution is 7.80. The summed E-state index contributed by atoms with van der Waals surface area (Å²) >= 11 is 5.36. The lowest BCUT2D eigenvalue weighted by molar-refractivity contribution is -0.0498. The minimum absolute atomic E-state index is 0.1000. The molecule has 5 rings (SSSR count). The van der Waals surface area contributed by atoms with Crippen LogP contribution in [-0.4, -0.2) is 23.1 Å². The Morgan fingerprint density at radius 1 is 1.08 bits per heavy atom. The molecule has 0 unspecified atom stereocenters. The normalized spacial score (nSPS) is 12.4. The van der Waals surface area contributed by atoms with E-state index in [1.807, 2.05) is 38.1 Å². The summed E-state index contributed by atoms with van der Waals surface area (Å²) in [7, 11) is 0. The molecule has 0 saturated carbocycles. The summed E-state index contributed by atoms with van der Waals surface area (Å²) in [6.07, 6.45) is 3.28. The number of aryl methyl sites for hydroxylation is 3. The Hall–Kier alpha value is -4.11. The van der Waals surface area contributed by atoms with E-state index in [0.717, 1.165) is 57.6 Å². The van der Waals surface area contributed by atoms with Gasteiger partial charge in [0.1, 0.15) is 11.4 Å². The summed E-state index contributed by atoms with van der Waals surface area (Å²) in [5, 5.41) is 12.2. The van der Waals surface area contributed by atoms with E-state index < -0.39 is 6.61 Å². The maximum absolute atomic E-state index is 12.4. The molecule has 0 radical (unpaired) electrons. The Kier molecular flexibility index (Phi) is 6.96. The van der Waals surface area contributed by atoms with Crippen molar-refractivity contribution in [3.05, 3.63) is 88.5 Å². The third kappa shape index (κ3) is 5.51. The number of benzene rings is 3. The topological polar surface area (TPSA) is 71.7 Å². The zero-order chi connectivity index (χ0) is 25.9. The average Bonchev–Trinajstić information content (AvgIpc) is 3.30. The Morgan fingerprint density at radius 2 is 1.89 bits per heavy atom. The van der Waals surface area contributed by atoms with Crippen molar-refractivity contribution in [3.8, 4) is 28.3 Å². The lowest BCUT2D eigenvalue weighted by atomic mass is 9.87. The molecule has 1 aromatic heterocycles. The molecule has 0 bridgehead atoms. The summed E-state index contributed by atoms with van der Waals surface area (Å²) in [4.78, 5) is 0. The minimum atomic E-state index is -2.86. The summed E-state index contributed by atoms with van der Waals surface area (Å²) in [6, 6.07) is 18.5. The maximum Gasteiger partial charge on any atom is 0.387 e. The first-order valence-electron chi connectivity index (χ1n) is 11.7. The lowest BCUT2D eigenvalue weighted by Gasteiger charge is -2.16. The second kappa shape index (κ2) is 10.5. The molecule has 0 amide bonds. The number of ether oxygens (including phenoxy) is 1. The number of rotatable bonds is 6. The van der Waals surface area contributed by atoms with Gasteiger partial charge in [-0.15, -0.1) is 0 Å². The van der Waals surface area contributed by atoms with Crippen molar-refractivity contribution >= 4 is 29.2 Å². The van der Waals surface area contributed by atoms with Gasteiger partial charge in [-0.1, -0.05) is 35.0 Å². The number of nitrogens with zero attached hydrogens (tertiary/aromatic N) is 2. The molecule has 1 aliphatic carbocycles. The van der Waals surface area contributed by atoms with Gasteiger partial charge < -0.3 is 14.6 Å². The standard InChI is InChI=1S/C28H24F2N4O2S/c1-16-3-12-24(17(2)13-16)32-28(37)33-31-15-18-4-10-22-20(14-18)7-11-23-25(22)34-36-26(23)19-5-8-21(9-6-19)35-27(29)30/h3-6,8-10,12-15,27H,7,11H2,1-2H3,(H2,32,33,37)/b31-15+. The van der Waals surface area contributed by atoms with Crippen molar-refractivity contribution in [2.45, 2.75) is 33.3 Å². The minimum Gasteiger partial charge on any atom is -0.435 e. The van der Waals surface area contributed by atoms with Crippen LogP contribution >= 0.6 is 12.2 Å². The number of alkyl halides is 2. The SMILES string of the molecule is Cc1ccc(NC(=S)N/N=C/c2ccc3c(c2)CCc2c-3noc2-c2ccc(OC(F)F)cc2)c(C)c1. The Bertz CT molecular complexity index is 1480. The highest BCUT2D eigenvalue weighted by Gasteiger charge is 2.25. The molecule has 4 aromatic rings.